The first-order valence-corrected chi connectivity index (χ1v) is 8.47. The number of carbonyl (C=O) groups is 1. The zero-order valence-electron chi connectivity index (χ0n) is 14.2. The van der Waals surface area contributed by atoms with E-state index in [4.69, 9.17) is 14.2 Å². The second-order valence-corrected chi connectivity index (χ2v) is 6.05. The molecule has 0 amide bonds. The molecule has 26 heavy (non-hydrogen) atoms. The van der Waals surface area contributed by atoms with Crippen molar-refractivity contribution in [1.29, 1.82) is 0 Å². The van der Waals surface area contributed by atoms with E-state index in [-0.39, 0.29) is 12.4 Å². The summed E-state index contributed by atoms with van der Waals surface area (Å²) in [6.07, 6.45) is 0. The second-order valence-electron chi connectivity index (χ2n) is 6.05. The molecule has 0 unspecified atom stereocenters. The molecule has 0 aliphatic carbocycles. The van der Waals surface area contributed by atoms with Crippen molar-refractivity contribution in [2.24, 2.45) is 0 Å². The van der Waals surface area contributed by atoms with E-state index in [0.29, 0.717) is 36.0 Å². The van der Waals surface area contributed by atoms with Gasteiger partial charge in [-0.15, -0.1) is 0 Å². The van der Waals surface area contributed by atoms with Crippen LogP contribution in [-0.2, 0) is 13.2 Å². The van der Waals surface area contributed by atoms with Crippen LogP contribution in [0.1, 0.15) is 21.5 Å². The van der Waals surface area contributed by atoms with Crippen molar-refractivity contribution in [3.63, 3.8) is 0 Å². The van der Waals surface area contributed by atoms with Crippen molar-refractivity contribution < 1.29 is 19.0 Å². The number of ether oxygens (including phenoxy) is 3. The highest BCUT2D eigenvalue weighted by molar-refractivity contribution is 6.05. The highest BCUT2D eigenvalue weighted by atomic mass is 16.5. The number of fused-ring (bicyclic) bond motifs is 1. The maximum Gasteiger partial charge on any atom is 0.207 e. The van der Waals surface area contributed by atoms with Gasteiger partial charge < -0.3 is 14.2 Å². The molecule has 0 radical (unpaired) electrons. The van der Waals surface area contributed by atoms with Crippen LogP contribution in [0, 0.1) is 0 Å². The van der Waals surface area contributed by atoms with E-state index in [0.717, 1.165) is 11.1 Å². The summed E-state index contributed by atoms with van der Waals surface area (Å²) >= 11 is 0. The van der Waals surface area contributed by atoms with Crippen molar-refractivity contribution in [3.8, 4) is 17.2 Å². The average Bonchev–Trinajstić information content (AvgIpc) is 3.07. The van der Waals surface area contributed by atoms with Gasteiger partial charge >= 0.3 is 0 Å². The van der Waals surface area contributed by atoms with E-state index < -0.39 is 0 Å². The van der Waals surface area contributed by atoms with E-state index in [9.17, 15) is 4.79 Å². The van der Waals surface area contributed by atoms with Crippen molar-refractivity contribution >= 4 is 5.78 Å². The van der Waals surface area contributed by atoms with Gasteiger partial charge in [-0.3, -0.25) is 4.79 Å². The lowest BCUT2D eigenvalue weighted by molar-refractivity contribution is 0.0958. The van der Waals surface area contributed by atoms with Crippen LogP contribution in [0.5, 0.6) is 17.2 Å². The molecule has 0 aromatic heterocycles. The Hall–Kier alpha value is -3.27. The molecule has 1 aliphatic heterocycles. The lowest BCUT2D eigenvalue weighted by Gasteiger charge is -2.13. The Morgan fingerprint density at radius 1 is 0.808 bits per heavy atom. The third-order valence-electron chi connectivity index (χ3n) is 4.16. The number of carbonyl (C=O) groups excluding carboxylic acids is 1. The smallest absolute Gasteiger partial charge is 0.207 e. The number of benzene rings is 3. The van der Waals surface area contributed by atoms with Crippen LogP contribution in [0.3, 0.4) is 0 Å². The molecule has 0 fully saturated rings. The maximum absolute atomic E-state index is 12.1. The van der Waals surface area contributed by atoms with E-state index in [1.165, 1.54) is 0 Å². The van der Waals surface area contributed by atoms with Gasteiger partial charge in [-0.2, -0.15) is 0 Å². The third kappa shape index (κ3) is 3.54. The van der Waals surface area contributed by atoms with Crippen LogP contribution < -0.4 is 14.2 Å². The number of ketones is 1. The van der Waals surface area contributed by atoms with Gasteiger partial charge in [0.15, 0.2) is 6.61 Å². The molecule has 0 N–H and O–H groups in total. The first kappa shape index (κ1) is 16.2. The topological polar surface area (TPSA) is 44.8 Å². The minimum Gasteiger partial charge on any atom is -0.489 e. The van der Waals surface area contributed by atoms with Gasteiger partial charge in [0.25, 0.3) is 0 Å². The summed E-state index contributed by atoms with van der Waals surface area (Å²) in [5, 5.41) is 0. The first-order chi connectivity index (χ1) is 12.8. The fourth-order valence-electron chi connectivity index (χ4n) is 2.84. The molecule has 1 heterocycles. The Balaban J connectivity index is 1.55. The summed E-state index contributed by atoms with van der Waals surface area (Å²) in [4.78, 5) is 12.1. The predicted octanol–water partition coefficient (Wildman–Crippen LogP) is 4.42. The van der Waals surface area contributed by atoms with Crippen LogP contribution in [0.25, 0.3) is 0 Å². The zero-order chi connectivity index (χ0) is 17.8. The maximum atomic E-state index is 12.1. The van der Waals surface area contributed by atoms with Crippen LogP contribution in [0.15, 0.2) is 72.8 Å². The van der Waals surface area contributed by atoms with Gasteiger partial charge in [0.2, 0.25) is 5.78 Å². The SMILES string of the molecule is O=C1COc2cc(OCc3ccccc3)cc(OCc3ccccc3)c21. The fraction of sp³-hybridized carbons (Fsp3) is 0.136. The number of rotatable bonds is 6. The molecular formula is C22H18O4. The molecule has 0 atom stereocenters. The fourth-order valence-corrected chi connectivity index (χ4v) is 2.84. The lowest BCUT2D eigenvalue weighted by Crippen LogP contribution is -2.03. The van der Waals surface area contributed by atoms with Crippen LogP contribution in [-0.4, -0.2) is 12.4 Å². The molecule has 0 spiro atoms. The Morgan fingerprint density at radius 3 is 2.08 bits per heavy atom. The van der Waals surface area contributed by atoms with Crippen LogP contribution in [0.4, 0.5) is 0 Å². The molecule has 1 aliphatic rings. The number of hydrogen-bond acceptors (Lipinski definition) is 4. The minimum atomic E-state index is -0.0716. The first-order valence-electron chi connectivity index (χ1n) is 8.47. The summed E-state index contributed by atoms with van der Waals surface area (Å²) in [6, 6.07) is 23.2. The Labute approximate surface area is 152 Å². The summed E-state index contributed by atoms with van der Waals surface area (Å²) < 4.78 is 17.3. The molecule has 3 aromatic rings. The molecule has 4 heteroatoms. The van der Waals surface area contributed by atoms with Gasteiger partial charge in [-0.05, 0) is 11.1 Å². The van der Waals surface area contributed by atoms with Crippen molar-refractivity contribution in [2.45, 2.75) is 13.2 Å². The minimum absolute atomic E-state index is 0.0408. The number of Topliss-reactive ketones (excluding diaryl/α,β-unsaturated/α-hetero) is 1. The largest absolute Gasteiger partial charge is 0.489 e. The molecule has 0 saturated heterocycles. The highest BCUT2D eigenvalue weighted by Crippen LogP contribution is 2.38. The molecule has 3 aromatic carbocycles. The Morgan fingerprint density at radius 2 is 1.42 bits per heavy atom. The van der Waals surface area contributed by atoms with Gasteiger partial charge in [0.05, 0.1) is 0 Å². The van der Waals surface area contributed by atoms with Crippen molar-refractivity contribution in [2.75, 3.05) is 6.61 Å². The Bertz CT molecular complexity index is 904. The number of hydrogen-bond donors (Lipinski definition) is 0. The summed E-state index contributed by atoms with van der Waals surface area (Å²) in [7, 11) is 0. The summed E-state index contributed by atoms with van der Waals surface area (Å²) in [5.74, 6) is 1.56. The Kier molecular flexibility index (Phi) is 4.56. The molecule has 130 valence electrons. The summed E-state index contributed by atoms with van der Waals surface area (Å²) in [6.45, 7) is 0.855. The van der Waals surface area contributed by atoms with Crippen molar-refractivity contribution in [1.82, 2.24) is 0 Å². The van der Waals surface area contributed by atoms with Gasteiger partial charge in [0, 0.05) is 12.1 Å². The van der Waals surface area contributed by atoms with E-state index in [2.05, 4.69) is 0 Å². The monoisotopic (exact) mass is 346 g/mol. The standard InChI is InChI=1S/C22H18O4/c23-19-15-26-21-12-18(24-13-16-7-3-1-4-8-16)11-20(22(19)21)25-14-17-9-5-2-6-10-17/h1-12H,13-15H2. The third-order valence-corrected chi connectivity index (χ3v) is 4.16. The van der Waals surface area contributed by atoms with E-state index in [1.807, 2.05) is 60.7 Å². The lowest BCUT2D eigenvalue weighted by atomic mass is 10.1. The van der Waals surface area contributed by atoms with E-state index in [1.54, 1.807) is 12.1 Å². The molecular weight excluding hydrogens is 328 g/mol. The highest BCUT2D eigenvalue weighted by Gasteiger charge is 2.27. The van der Waals surface area contributed by atoms with Gasteiger partial charge in [-0.25, -0.2) is 0 Å². The molecule has 0 saturated carbocycles. The quantitative estimate of drug-likeness (QED) is 0.663. The summed E-state index contributed by atoms with van der Waals surface area (Å²) in [5.41, 5.74) is 2.59. The average molecular weight is 346 g/mol. The normalized spacial score (nSPS) is 12.4. The molecule has 0 bridgehead atoms. The zero-order valence-corrected chi connectivity index (χ0v) is 14.2. The van der Waals surface area contributed by atoms with Crippen LogP contribution >= 0.6 is 0 Å². The van der Waals surface area contributed by atoms with Gasteiger partial charge in [-0.1, -0.05) is 60.7 Å². The molecule has 4 nitrogen and oxygen atoms in total. The van der Waals surface area contributed by atoms with E-state index >= 15 is 0 Å². The van der Waals surface area contributed by atoms with Gasteiger partial charge in [0.1, 0.15) is 36.0 Å². The molecule has 4 rings (SSSR count). The van der Waals surface area contributed by atoms with Crippen molar-refractivity contribution in [3.05, 3.63) is 89.5 Å². The predicted molar refractivity (Wildman–Crippen MR) is 97.8 cm³/mol. The van der Waals surface area contributed by atoms with Crippen LogP contribution in [0.2, 0.25) is 0 Å². The second kappa shape index (κ2) is 7.31.